The molecule has 0 aliphatic carbocycles. The Balaban J connectivity index is 1.99. The number of thiophene rings is 1. The Labute approximate surface area is 133 Å². The fourth-order valence-corrected chi connectivity index (χ4v) is 3.27. The van der Waals surface area contributed by atoms with Crippen molar-refractivity contribution in [3.63, 3.8) is 0 Å². The monoisotopic (exact) mass is 310 g/mol. The highest BCUT2D eigenvalue weighted by Crippen LogP contribution is 2.42. The molecular weight excluding hydrogens is 283 g/mol. The molecule has 0 radical (unpaired) electrons. The van der Waals surface area contributed by atoms with Gasteiger partial charge in [0.05, 0.1) is 11.2 Å². The molecule has 3 nitrogen and oxygen atoms in total. The van der Waals surface area contributed by atoms with Crippen molar-refractivity contribution < 1.29 is 14.0 Å². The van der Waals surface area contributed by atoms with Gasteiger partial charge in [0.1, 0.15) is 0 Å². The number of hydrogen-bond acceptors (Lipinski definition) is 4. The van der Waals surface area contributed by atoms with Crippen molar-refractivity contribution >= 4 is 18.5 Å². The normalized spacial score (nSPS) is 21.7. The Morgan fingerprint density at radius 2 is 1.86 bits per heavy atom. The van der Waals surface area contributed by atoms with E-state index in [9.17, 15) is 0 Å². The van der Waals surface area contributed by atoms with Crippen LogP contribution in [0.15, 0.2) is 17.5 Å². The van der Waals surface area contributed by atoms with E-state index < -0.39 is 0 Å². The number of rotatable bonds is 7. The number of ether oxygens (including phenoxy) is 1. The van der Waals surface area contributed by atoms with E-state index in [1.807, 2.05) is 11.3 Å². The fraction of sp³-hybridized carbons (Fsp3) is 0.750. The minimum Gasteiger partial charge on any atom is -0.403 e. The van der Waals surface area contributed by atoms with Crippen LogP contribution in [0.25, 0.3) is 0 Å². The molecule has 1 aliphatic rings. The van der Waals surface area contributed by atoms with Gasteiger partial charge < -0.3 is 14.0 Å². The molecule has 0 unspecified atom stereocenters. The minimum atomic E-state index is -0.258. The molecule has 1 aromatic rings. The van der Waals surface area contributed by atoms with Crippen molar-refractivity contribution in [3.05, 3.63) is 22.4 Å². The van der Waals surface area contributed by atoms with Gasteiger partial charge in [-0.3, -0.25) is 0 Å². The zero-order valence-corrected chi connectivity index (χ0v) is 14.7. The molecule has 0 spiro atoms. The highest BCUT2D eigenvalue weighted by Gasteiger charge is 2.53. The molecule has 0 saturated carbocycles. The van der Waals surface area contributed by atoms with E-state index in [1.165, 1.54) is 4.88 Å². The Hall–Kier alpha value is -0.355. The van der Waals surface area contributed by atoms with Crippen LogP contribution in [0.5, 0.6) is 0 Å². The molecule has 2 rings (SSSR count). The summed E-state index contributed by atoms with van der Waals surface area (Å²) >= 11 is 1.82. The Kier molecular flexibility index (Phi) is 5.52. The van der Waals surface area contributed by atoms with Crippen molar-refractivity contribution in [3.8, 4) is 0 Å². The van der Waals surface area contributed by atoms with E-state index in [4.69, 9.17) is 14.0 Å². The summed E-state index contributed by atoms with van der Waals surface area (Å²) < 4.78 is 17.7. The lowest BCUT2D eigenvalue weighted by Crippen LogP contribution is -2.41. The third-order valence-corrected chi connectivity index (χ3v) is 5.63. The van der Waals surface area contributed by atoms with Crippen LogP contribution in [0.2, 0.25) is 5.82 Å². The van der Waals surface area contributed by atoms with E-state index in [1.54, 1.807) is 7.11 Å². The molecule has 1 saturated heterocycles. The molecular formula is C16H27BO3S. The van der Waals surface area contributed by atoms with Crippen molar-refractivity contribution in [1.29, 1.82) is 0 Å². The molecule has 0 N–H and O–H groups in total. The van der Waals surface area contributed by atoms with Crippen molar-refractivity contribution in [2.75, 3.05) is 13.7 Å². The summed E-state index contributed by atoms with van der Waals surface area (Å²) in [6.45, 7) is 9.19. The second kappa shape index (κ2) is 6.82. The first-order valence-electron chi connectivity index (χ1n) is 7.73. The summed E-state index contributed by atoms with van der Waals surface area (Å²) in [7, 11) is 1.62. The van der Waals surface area contributed by atoms with Crippen molar-refractivity contribution in [2.24, 2.45) is 0 Å². The van der Waals surface area contributed by atoms with E-state index >= 15 is 0 Å². The van der Waals surface area contributed by atoms with Gasteiger partial charge in [0.15, 0.2) is 0 Å². The Bertz CT molecular complexity index is 415. The van der Waals surface area contributed by atoms with Crippen molar-refractivity contribution in [1.82, 2.24) is 0 Å². The predicted octanol–water partition coefficient (Wildman–Crippen LogP) is 4.18. The molecule has 1 atom stereocenters. The SMILES string of the molecule is COCC[C@H](CCc1cccs1)B1OC(C)(C)C(C)(C)O1. The lowest BCUT2D eigenvalue weighted by atomic mass is 9.67. The first-order chi connectivity index (χ1) is 9.86. The van der Waals surface area contributed by atoms with Gasteiger partial charge in [0.2, 0.25) is 0 Å². The zero-order chi connectivity index (χ0) is 15.5. The van der Waals surface area contributed by atoms with Crippen molar-refractivity contribution in [2.45, 2.75) is 64.0 Å². The molecule has 0 bridgehead atoms. The maximum absolute atomic E-state index is 6.22. The second-order valence-electron chi connectivity index (χ2n) is 6.78. The Morgan fingerprint density at radius 1 is 1.19 bits per heavy atom. The summed E-state index contributed by atoms with van der Waals surface area (Å²) in [6.07, 6.45) is 3.12. The lowest BCUT2D eigenvalue weighted by molar-refractivity contribution is 0.00578. The summed E-state index contributed by atoms with van der Waals surface area (Å²) in [5.41, 5.74) is -0.516. The minimum absolute atomic E-state index is 0.134. The first-order valence-corrected chi connectivity index (χ1v) is 8.60. The van der Waals surface area contributed by atoms with Crippen LogP contribution in [0.1, 0.15) is 45.4 Å². The topological polar surface area (TPSA) is 27.7 Å². The molecule has 1 aromatic heterocycles. The third kappa shape index (κ3) is 4.10. The summed E-state index contributed by atoms with van der Waals surface area (Å²) in [6, 6.07) is 4.31. The molecule has 1 aliphatic heterocycles. The number of methoxy groups -OCH3 is 1. The second-order valence-corrected chi connectivity index (χ2v) is 7.82. The average molecular weight is 310 g/mol. The standard InChI is InChI=1S/C16H27BO3S/c1-15(2)16(3,4)20-17(19-15)13(10-11-18-5)8-9-14-7-6-12-21-14/h6-7,12-13H,8-11H2,1-5H3/t13-/m0/s1. The van der Waals surface area contributed by atoms with Crippen LogP contribution < -0.4 is 0 Å². The molecule has 2 heterocycles. The van der Waals surface area contributed by atoms with Crippen LogP contribution in [0.4, 0.5) is 0 Å². The summed E-state index contributed by atoms with van der Waals surface area (Å²) in [4.78, 5) is 1.42. The molecule has 0 amide bonds. The largest absolute Gasteiger partial charge is 0.461 e. The average Bonchev–Trinajstić information content (AvgIpc) is 2.96. The van der Waals surface area contributed by atoms with E-state index in [2.05, 4.69) is 45.2 Å². The molecule has 21 heavy (non-hydrogen) atoms. The van der Waals surface area contributed by atoms with E-state index in [0.29, 0.717) is 5.82 Å². The van der Waals surface area contributed by atoms with Gasteiger partial charge >= 0.3 is 7.12 Å². The molecule has 118 valence electrons. The summed E-state index contributed by atoms with van der Waals surface area (Å²) in [5.74, 6) is 0.369. The third-order valence-electron chi connectivity index (χ3n) is 4.69. The van der Waals surface area contributed by atoms with E-state index in [0.717, 1.165) is 25.9 Å². The Morgan fingerprint density at radius 3 is 2.38 bits per heavy atom. The van der Waals surface area contributed by atoms with Gasteiger partial charge in [-0.1, -0.05) is 6.07 Å². The highest BCUT2D eigenvalue weighted by atomic mass is 32.1. The zero-order valence-electron chi connectivity index (χ0n) is 13.8. The number of aryl methyl sites for hydroxylation is 1. The van der Waals surface area contributed by atoms with Gasteiger partial charge in [-0.15, -0.1) is 11.3 Å². The van der Waals surface area contributed by atoms with Crippen LogP contribution in [-0.2, 0) is 20.5 Å². The van der Waals surface area contributed by atoms with Crippen LogP contribution in [-0.4, -0.2) is 32.0 Å². The summed E-state index contributed by atoms with van der Waals surface area (Å²) in [5, 5.41) is 2.13. The first kappa shape index (κ1) is 17.0. The maximum Gasteiger partial charge on any atom is 0.461 e. The predicted molar refractivity (Wildman–Crippen MR) is 89.0 cm³/mol. The fourth-order valence-electron chi connectivity index (χ4n) is 2.55. The smallest absolute Gasteiger partial charge is 0.403 e. The highest BCUT2D eigenvalue weighted by molar-refractivity contribution is 7.09. The van der Waals surface area contributed by atoms with Crippen LogP contribution in [0.3, 0.4) is 0 Å². The van der Waals surface area contributed by atoms with Gasteiger partial charge in [0.25, 0.3) is 0 Å². The quantitative estimate of drug-likeness (QED) is 0.707. The molecule has 0 aromatic carbocycles. The van der Waals surface area contributed by atoms with Gasteiger partial charge in [-0.25, -0.2) is 0 Å². The van der Waals surface area contributed by atoms with Crippen LogP contribution in [0, 0.1) is 0 Å². The maximum atomic E-state index is 6.22. The lowest BCUT2D eigenvalue weighted by Gasteiger charge is -2.32. The van der Waals surface area contributed by atoms with Gasteiger partial charge in [0, 0.05) is 18.6 Å². The number of hydrogen-bond donors (Lipinski definition) is 0. The molecule has 1 fully saturated rings. The van der Waals surface area contributed by atoms with Gasteiger partial charge in [-0.05, 0) is 64.2 Å². The van der Waals surface area contributed by atoms with Crippen LogP contribution >= 0.6 is 11.3 Å². The van der Waals surface area contributed by atoms with Gasteiger partial charge in [-0.2, -0.15) is 0 Å². The molecule has 5 heteroatoms. The van der Waals surface area contributed by atoms with E-state index in [-0.39, 0.29) is 18.3 Å².